The van der Waals surface area contributed by atoms with E-state index in [9.17, 15) is 14.4 Å². The summed E-state index contributed by atoms with van der Waals surface area (Å²) in [6.07, 6.45) is 7.37. The van der Waals surface area contributed by atoms with Gasteiger partial charge < -0.3 is 15.7 Å². The molecule has 2 amide bonds. The Kier molecular flexibility index (Phi) is 5.96. The Balaban J connectivity index is 1.76. The fourth-order valence-corrected chi connectivity index (χ4v) is 2.81. The minimum absolute atomic E-state index is 0.127. The van der Waals surface area contributed by atoms with E-state index in [0.717, 1.165) is 0 Å². The van der Waals surface area contributed by atoms with Gasteiger partial charge in [-0.2, -0.15) is 0 Å². The molecular formula is C18H20N2O4. The number of nitrogens with one attached hydrogen (secondary N) is 2. The normalized spacial score (nSPS) is 19.8. The lowest BCUT2D eigenvalue weighted by Gasteiger charge is -2.25. The van der Waals surface area contributed by atoms with Gasteiger partial charge in [0.25, 0.3) is 0 Å². The molecule has 126 valence electrons. The van der Waals surface area contributed by atoms with Gasteiger partial charge in [0.05, 0.1) is 12.5 Å². The number of terminal acetylenes is 1. The van der Waals surface area contributed by atoms with Crippen LogP contribution in [0.5, 0.6) is 0 Å². The van der Waals surface area contributed by atoms with Crippen LogP contribution >= 0.6 is 0 Å². The number of carbonyl (C=O) groups is 3. The second-order valence-corrected chi connectivity index (χ2v) is 5.88. The first kappa shape index (κ1) is 17.5. The zero-order valence-electron chi connectivity index (χ0n) is 13.2. The molecule has 0 bridgehead atoms. The molecule has 0 atom stereocenters. The van der Waals surface area contributed by atoms with Crippen LogP contribution in [0.15, 0.2) is 24.3 Å². The van der Waals surface area contributed by atoms with Crippen LogP contribution in [-0.2, 0) is 14.4 Å². The van der Waals surface area contributed by atoms with E-state index < -0.39 is 5.97 Å². The van der Waals surface area contributed by atoms with Gasteiger partial charge in [0, 0.05) is 17.2 Å². The summed E-state index contributed by atoms with van der Waals surface area (Å²) < 4.78 is 0. The maximum Gasteiger partial charge on any atom is 0.306 e. The summed E-state index contributed by atoms with van der Waals surface area (Å²) in [4.78, 5) is 34.9. The van der Waals surface area contributed by atoms with Crippen LogP contribution in [0.4, 0.5) is 5.69 Å². The zero-order chi connectivity index (χ0) is 17.5. The first-order chi connectivity index (χ1) is 11.5. The van der Waals surface area contributed by atoms with Crippen LogP contribution in [0, 0.1) is 24.2 Å². The van der Waals surface area contributed by atoms with E-state index in [2.05, 4.69) is 16.6 Å². The molecule has 1 aliphatic carbocycles. The van der Waals surface area contributed by atoms with Crippen molar-refractivity contribution in [2.24, 2.45) is 11.8 Å². The van der Waals surface area contributed by atoms with E-state index >= 15 is 0 Å². The van der Waals surface area contributed by atoms with Crippen molar-refractivity contribution in [1.82, 2.24) is 5.32 Å². The van der Waals surface area contributed by atoms with Gasteiger partial charge in [-0.05, 0) is 43.9 Å². The summed E-state index contributed by atoms with van der Waals surface area (Å²) in [6.45, 7) is -0.127. The van der Waals surface area contributed by atoms with Crippen LogP contribution in [0.3, 0.4) is 0 Å². The van der Waals surface area contributed by atoms with Gasteiger partial charge in [0.15, 0.2) is 0 Å². The van der Waals surface area contributed by atoms with E-state index in [1.165, 1.54) is 0 Å². The second-order valence-electron chi connectivity index (χ2n) is 5.88. The zero-order valence-corrected chi connectivity index (χ0v) is 13.2. The molecule has 0 saturated heterocycles. The molecule has 0 radical (unpaired) electrons. The summed E-state index contributed by atoms with van der Waals surface area (Å²) in [5.74, 6) is 0.556. The lowest BCUT2D eigenvalue weighted by molar-refractivity contribution is -0.144. The first-order valence-electron chi connectivity index (χ1n) is 7.86. The Bertz CT molecular complexity index is 670. The number of hydrogen-bond donors (Lipinski definition) is 3. The largest absolute Gasteiger partial charge is 0.481 e. The predicted octanol–water partition coefficient (Wildman–Crippen LogP) is 1.61. The minimum atomic E-state index is -0.803. The van der Waals surface area contributed by atoms with Gasteiger partial charge in [-0.15, -0.1) is 6.42 Å². The quantitative estimate of drug-likeness (QED) is 0.716. The molecule has 1 fully saturated rings. The molecule has 1 aromatic carbocycles. The van der Waals surface area contributed by atoms with E-state index in [4.69, 9.17) is 11.5 Å². The molecule has 0 unspecified atom stereocenters. The van der Waals surface area contributed by atoms with E-state index in [0.29, 0.717) is 36.9 Å². The van der Waals surface area contributed by atoms with Crippen molar-refractivity contribution in [2.45, 2.75) is 25.7 Å². The SMILES string of the molecule is C#Cc1cccc(NC(=O)CNC(=O)C2CCC(C(=O)O)CC2)c1. The number of amides is 2. The summed E-state index contributed by atoms with van der Waals surface area (Å²) in [5.41, 5.74) is 1.23. The maximum atomic E-state index is 12.1. The van der Waals surface area contributed by atoms with Crippen LogP contribution in [0.2, 0.25) is 0 Å². The third-order valence-corrected chi connectivity index (χ3v) is 4.18. The van der Waals surface area contributed by atoms with E-state index in [-0.39, 0.29) is 30.2 Å². The Labute approximate surface area is 140 Å². The fraction of sp³-hybridized carbons (Fsp3) is 0.389. The molecule has 6 heteroatoms. The molecular weight excluding hydrogens is 308 g/mol. The van der Waals surface area contributed by atoms with Crippen molar-refractivity contribution < 1.29 is 19.5 Å². The first-order valence-corrected chi connectivity index (χ1v) is 7.86. The molecule has 6 nitrogen and oxygen atoms in total. The number of rotatable bonds is 5. The number of anilines is 1. The number of hydrogen-bond acceptors (Lipinski definition) is 3. The van der Waals surface area contributed by atoms with Crippen molar-refractivity contribution in [2.75, 3.05) is 11.9 Å². The van der Waals surface area contributed by atoms with Crippen molar-refractivity contribution in [1.29, 1.82) is 0 Å². The summed E-state index contributed by atoms with van der Waals surface area (Å²) in [6, 6.07) is 6.88. The van der Waals surface area contributed by atoms with Gasteiger partial charge in [-0.1, -0.05) is 12.0 Å². The number of carboxylic acids is 1. The third kappa shape index (κ3) is 4.85. The summed E-state index contributed by atoms with van der Waals surface area (Å²) in [7, 11) is 0. The van der Waals surface area contributed by atoms with E-state index in [1.807, 2.05) is 0 Å². The highest BCUT2D eigenvalue weighted by atomic mass is 16.4. The van der Waals surface area contributed by atoms with Gasteiger partial charge in [-0.3, -0.25) is 14.4 Å². The van der Waals surface area contributed by atoms with Crippen LogP contribution < -0.4 is 10.6 Å². The molecule has 3 N–H and O–H groups in total. The lowest BCUT2D eigenvalue weighted by atomic mass is 9.81. The highest BCUT2D eigenvalue weighted by Gasteiger charge is 2.29. The Morgan fingerprint density at radius 1 is 1.17 bits per heavy atom. The molecule has 0 aliphatic heterocycles. The number of benzene rings is 1. The molecule has 0 spiro atoms. The topological polar surface area (TPSA) is 95.5 Å². The molecule has 0 heterocycles. The Morgan fingerprint density at radius 3 is 2.46 bits per heavy atom. The van der Waals surface area contributed by atoms with Gasteiger partial charge in [0.1, 0.15) is 0 Å². The van der Waals surface area contributed by atoms with Crippen molar-refractivity contribution in [3.8, 4) is 12.3 Å². The highest BCUT2D eigenvalue weighted by Crippen LogP contribution is 2.28. The standard InChI is InChI=1S/C18H20N2O4/c1-2-12-4-3-5-15(10-12)20-16(21)11-19-17(22)13-6-8-14(9-7-13)18(23)24/h1,3-5,10,13-14H,6-9,11H2,(H,19,22)(H,20,21)(H,23,24). The van der Waals surface area contributed by atoms with Crippen molar-refractivity contribution >= 4 is 23.5 Å². The predicted molar refractivity (Wildman–Crippen MR) is 89.1 cm³/mol. The molecule has 2 rings (SSSR count). The number of carboxylic acid groups (broad SMARTS) is 1. The van der Waals surface area contributed by atoms with Gasteiger partial charge in [0.2, 0.25) is 11.8 Å². The molecule has 0 aromatic heterocycles. The average molecular weight is 328 g/mol. The third-order valence-electron chi connectivity index (χ3n) is 4.18. The maximum absolute atomic E-state index is 12.1. The minimum Gasteiger partial charge on any atom is -0.481 e. The average Bonchev–Trinajstić information content (AvgIpc) is 2.60. The highest BCUT2D eigenvalue weighted by molar-refractivity contribution is 5.95. The van der Waals surface area contributed by atoms with Crippen LogP contribution in [0.1, 0.15) is 31.2 Å². The number of carbonyl (C=O) groups excluding carboxylic acids is 2. The van der Waals surface area contributed by atoms with Gasteiger partial charge in [-0.25, -0.2) is 0 Å². The monoisotopic (exact) mass is 328 g/mol. The second kappa shape index (κ2) is 8.16. The van der Waals surface area contributed by atoms with E-state index in [1.54, 1.807) is 24.3 Å². The Morgan fingerprint density at radius 2 is 1.83 bits per heavy atom. The fourth-order valence-electron chi connectivity index (χ4n) is 2.81. The lowest BCUT2D eigenvalue weighted by Crippen LogP contribution is -2.38. The smallest absolute Gasteiger partial charge is 0.306 e. The molecule has 1 aliphatic rings. The molecule has 1 saturated carbocycles. The number of aliphatic carboxylic acids is 1. The van der Waals surface area contributed by atoms with Gasteiger partial charge >= 0.3 is 5.97 Å². The Hall–Kier alpha value is -2.81. The summed E-state index contributed by atoms with van der Waals surface area (Å²) >= 11 is 0. The van der Waals surface area contributed by atoms with Crippen LogP contribution in [-0.4, -0.2) is 29.4 Å². The summed E-state index contributed by atoms with van der Waals surface area (Å²) in [5, 5.41) is 14.2. The van der Waals surface area contributed by atoms with Crippen molar-refractivity contribution in [3.63, 3.8) is 0 Å². The van der Waals surface area contributed by atoms with Crippen molar-refractivity contribution in [3.05, 3.63) is 29.8 Å². The molecule has 24 heavy (non-hydrogen) atoms. The molecule has 1 aromatic rings. The van der Waals surface area contributed by atoms with Crippen LogP contribution in [0.25, 0.3) is 0 Å².